The van der Waals surface area contributed by atoms with Crippen molar-refractivity contribution in [1.82, 2.24) is 14.8 Å². The van der Waals surface area contributed by atoms with E-state index in [-0.39, 0.29) is 19.2 Å². The highest BCUT2D eigenvalue weighted by atomic mass is 35.5. The molecule has 0 radical (unpaired) electrons. The lowest BCUT2D eigenvalue weighted by Gasteiger charge is -2.20. The van der Waals surface area contributed by atoms with Crippen molar-refractivity contribution in [3.8, 4) is 11.5 Å². The predicted octanol–water partition coefficient (Wildman–Crippen LogP) is 5.14. The molecular weight excluding hydrogens is 429 g/mol. The van der Waals surface area contributed by atoms with Gasteiger partial charge in [0, 0.05) is 22.9 Å². The van der Waals surface area contributed by atoms with E-state index in [9.17, 15) is 4.39 Å². The first-order valence-corrected chi connectivity index (χ1v) is 11.0. The highest BCUT2D eigenvalue weighted by molar-refractivity contribution is 7.98. The van der Waals surface area contributed by atoms with E-state index in [2.05, 4.69) is 14.8 Å². The van der Waals surface area contributed by atoms with Crippen LogP contribution in [0.4, 0.5) is 4.39 Å². The summed E-state index contributed by atoms with van der Waals surface area (Å²) < 4.78 is 32.9. The molecule has 0 atom stereocenters. The third-order valence-electron chi connectivity index (χ3n) is 4.95. The van der Waals surface area contributed by atoms with Crippen LogP contribution >= 0.6 is 23.4 Å². The zero-order chi connectivity index (χ0) is 20.5. The fraction of sp³-hybridized carbons (Fsp3) is 0.333. The summed E-state index contributed by atoms with van der Waals surface area (Å²) in [5.41, 5.74) is 1.52. The van der Waals surface area contributed by atoms with Crippen LogP contribution in [0.2, 0.25) is 5.02 Å². The van der Waals surface area contributed by atoms with E-state index in [1.54, 1.807) is 6.07 Å². The highest BCUT2D eigenvalue weighted by Gasteiger charge is 2.30. The Morgan fingerprint density at radius 2 is 2.10 bits per heavy atom. The normalized spacial score (nSPS) is 15.5. The number of ether oxygens (including phenoxy) is 3. The molecule has 30 heavy (non-hydrogen) atoms. The molecule has 0 N–H and O–H groups in total. The van der Waals surface area contributed by atoms with Gasteiger partial charge in [-0.15, -0.1) is 10.2 Å². The molecule has 9 heteroatoms. The van der Waals surface area contributed by atoms with Crippen LogP contribution in [0.3, 0.4) is 0 Å². The van der Waals surface area contributed by atoms with Crippen LogP contribution in [0.15, 0.2) is 41.6 Å². The van der Waals surface area contributed by atoms with Crippen LogP contribution in [-0.2, 0) is 23.7 Å². The number of thioether (sulfide) groups is 1. The molecule has 0 unspecified atom stereocenters. The summed E-state index contributed by atoms with van der Waals surface area (Å²) in [7, 11) is 0. The smallest absolute Gasteiger partial charge is 0.191 e. The van der Waals surface area contributed by atoms with Gasteiger partial charge in [-0.3, -0.25) is 4.57 Å². The van der Waals surface area contributed by atoms with E-state index >= 15 is 0 Å². The van der Waals surface area contributed by atoms with Crippen molar-refractivity contribution in [3.05, 3.63) is 64.2 Å². The summed E-state index contributed by atoms with van der Waals surface area (Å²) in [4.78, 5) is 0. The number of rotatable bonds is 7. The van der Waals surface area contributed by atoms with Gasteiger partial charge >= 0.3 is 0 Å². The van der Waals surface area contributed by atoms with E-state index in [0.29, 0.717) is 34.9 Å². The number of fused-ring (bicyclic) bond motifs is 1. The second-order valence-corrected chi connectivity index (χ2v) is 8.52. The fourth-order valence-electron chi connectivity index (χ4n) is 3.41. The lowest BCUT2D eigenvalue weighted by molar-refractivity contribution is -0.0171. The maximum Gasteiger partial charge on any atom is 0.191 e. The van der Waals surface area contributed by atoms with Crippen LogP contribution in [0.1, 0.15) is 35.8 Å². The van der Waals surface area contributed by atoms with Crippen molar-refractivity contribution in [1.29, 1.82) is 0 Å². The summed E-state index contributed by atoms with van der Waals surface area (Å²) in [6.07, 6.45) is 2.17. The Kier molecular flexibility index (Phi) is 5.54. The van der Waals surface area contributed by atoms with Crippen LogP contribution in [-0.4, -0.2) is 21.6 Å². The van der Waals surface area contributed by atoms with Gasteiger partial charge in [0.15, 0.2) is 17.8 Å². The minimum absolute atomic E-state index is 0.179. The topological polar surface area (TPSA) is 58.4 Å². The standard InChI is InChI=1S/C21H19ClFN3O3S/c22-17-3-1-2-4-18(17)28-10-19-24-25-21(26(19)16-5-6-16)30-11-14-8-15(23)7-13-9-27-12-29-20(13)14/h1-4,7-8,16H,5-6,9-12H2. The van der Waals surface area contributed by atoms with E-state index in [4.69, 9.17) is 25.8 Å². The van der Waals surface area contributed by atoms with Gasteiger partial charge in [-0.2, -0.15) is 0 Å². The van der Waals surface area contributed by atoms with Gasteiger partial charge in [-0.1, -0.05) is 35.5 Å². The monoisotopic (exact) mass is 447 g/mol. The van der Waals surface area contributed by atoms with Crippen LogP contribution in [0, 0.1) is 5.82 Å². The quantitative estimate of drug-likeness (QED) is 0.467. The van der Waals surface area contributed by atoms with Gasteiger partial charge in [-0.25, -0.2) is 4.39 Å². The minimum atomic E-state index is -0.295. The first-order chi connectivity index (χ1) is 14.7. The van der Waals surface area contributed by atoms with Crippen molar-refractivity contribution in [2.75, 3.05) is 6.79 Å². The van der Waals surface area contributed by atoms with Crippen molar-refractivity contribution in [3.63, 3.8) is 0 Å². The Morgan fingerprint density at radius 3 is 2.93 bits per heavy atom. The van der Waals surface area contributed by atoms with E-state index < -0.39 is 0 Å². The van der Waals surface area contributed by atoms with Gasteiger partial charge in [0.1, 0.15) is 23.9 Å². The lowest BCUT2D eigenvalue weighted by Crippen LogP contribution is -2.13. The molecule has 3 aromatic rings. The zero-order valence-electron chi connectivity index (χ0n) is 16.0. The number of aromatic nitrogens is 3. The third kappa shape index (κ3) is 4.12. The number of hydrogen-bond donors (Lipinski definition) is 0. The zero-order valence-corrected chi connectivity index (χ0v) is 17.6. The second kappa shape index (κ2) is 8.45. The molecule has 0 amide bonds. The Balaban J connectivity index is 1.34. The summed E-state index contributed by atoms with van der Waals surface area (Å²) in [6, 6.07) is 10.7. The molecule has 1 saturated carbocycles. The van der Waals surface area contributed by atoms with Gasteiger partial charge in [0.2, 0.25) is 0 Å². The molecule has 6 nitrogen and oxygen atoms in total. The van der Waals surface area contributed by atoms with Gasteiger partial charge in [0.25, 0.3) is 0 Å². The Labute approximate surface area is 182 Å². The fourth-order valence-corrected chi connectivity index (χ4v) is 4.60. The molecule has 156 valence electrons. The Bertz CT molecular complexity index is 1070. The van der Waals surface area contributed by atoms with Crippen molar-refractivity contribution in [2.45, 2.75) is 43.0 Å². The average molecular weight is 448 g/mol. The second-order valence-electron chi connectivity index (χ2n) is 7.17. The number of hydrogen-bond acceptors (Lipinski definition) is 6. The summed E-state index contributed by atoms with van der Waals surface area (Å²) in [6.45, 7) is 0.814. The molecule has 1 aliphatic heterocycles. The average Bonchev–Trinajstić information content (AvgIpc) is 3.51. The highest BCUT2D eigenvalue weighted by Crippen LogP contribution is 2.40. The number of para-hydroxylation sites is 1. The van der Waals surface area contributed by atoms with Crippen molar-refractivity contribution >= 4 is 23.4 Å². The lowest BCUT2D eigenvalue weighted by atomic mass is 10.1. The predicted molar refractivity (Wildman–Crippen MR) is 110 cm³/mol. The molecule has 2 heterocycles. The first-order valence-electron chi connectivity index (χ1n) is 9.65. The maximum atomic E-state index is 14.0. The largest absolute Gasteiger partial charge is 0.484 e. The van der Waals surface area contributed by atoms with Crippen LogP contribution in [0.5, 0.6) is 11.5 Å². The Morgan fingerprint density at radius 1 is 1.23 bits per heavy atom. The molecule has 0 spiro atoms. The molecule has 2 aromatic carbocycles. The summed E-state index contributed by atoms with van der Waals surface area (Å²) >= 11 is 7.69. The SMILES string of the molecule is Fc1cc2c(c(CSc3nnc(COc4ccccc4Cl)n3C3CC3)c1)OCOC2. The summed E-state index contributed by atoms with van der Waals surface area (Å²) in [5, 5.41) is 10.1. The number of benzene rings is 2. The van der Waals surface area contributed by atoms with Gasteiger partial charge in [0.05, 0.1) is 11.6 Å². The summed E-state index contributed by atoms with van der Waals surface area (Å²) in [5.74, 6) is 2.30. The first kappa shape index (κ1) is 19.7. The maximum absolute atomic E-state index is 14.0. The van der Waals surface area contributed by atoms with Crippen molar-refractivity contribution < 1.29 is 18.6 Å². The van der Waals surface area contributed by atoms with Crippen molar-refractivity contribution in [2.24, 2.45) is 0 Å². The molecule has 0 saturated heterocycles. The molecule has 1 fully saturated rings. The molecule has 5 rings (SSSR count). The van der Waals surface area contributed by atoms with Crippen LogP contribution < -0.4 is 9.47 Å². The molecular formula is C21H19ClFN3O3S. The van der Waals surface area contributed by atoms with Gasteiger partial charge in [-0.05, 0) is 37.1 Å². The molecule has 1 aromatic heterocycles. The van der Waals surface area contributed by atoms with E-state index in [0.717, 1.165) is 34.9 Å². The molecule has 2 aliphatic rings. The number of nitrogens with zero attached hydrogens (tertiary/aromatic N) is 3. The molecule has 1 aliphatic carbocycles. The van der Waals surface area contributed by atoms with Gasteiger partial charge < -0.3 is 14.2 Å². The third-order valence-corrected chi connectivity index (χ3v) is 6.25. The van der Waals surface area contributed by atoms with E-state index in [1.807, 2.05) is 18.2 Å². The Hall–Kier alpha value is -2.29. The number of halogens is 2. The minimum Gasteiger partial charge on any atom is -0.484 e. The molecule has 0 bridgehead atoms. The van der Waals surface area contributed by atoms with E-state index in [1.165, 1.54) is 23.9 Å². The van der Waals surface area contributed by atoms with Crippen LogP contribution in [0.25, 0.3) is 0 Å².